The largest absolute Gasteiger partial charge is 0.481 e. The number of rotatable bonds is 7. The summed E-state index contributed by atoms with van der Waals surface area (Å²) in [5.41, 5.74) is -0.903. The van der Waals surface area contributed by atoms with Crippen molar-refractivity contribution in [1.29, 1.82) is 0 Å². The second-order valence-electron chi connectivity index (χ2n) is 4.74. The maximum Gasteiger partial charge on any atom is 0.310 e. The molecule has 0 aliphatic heterocycles. The molecule has 0 aliphatic carbocycles. The number of aliphatic carboxylic acids is 1. The molecule has 0 radical (unpaired) electrons. The van der Waals surface area contributed by atoms with Gasteiger partial charge in [-0.25, -0.2) is 0 Å². The standard InChI is InChI=1S/C13H25NO3/c1-6-13(7-2,12(16)17)9-11(15)14(8-3)10(4)5/h10H,6-9H2,1-5H3,(H,16,17). The summed E-state index contributed by atoms with van der Waals surface area (Å²) in [5.74, 6) is -0.927. The molecule has 0 atom stereocenters. The number of nitrogens with zero attached hydrogens (tertiary/aromatic N) is 1. The van der Waals surface area contributed by atoms with Crippen molar-refractivity contribution >= 4 is 11.9 Å². The molecule has 0 aliphatic rings. The van der Waals surface area contributed by atoms with Crippen LogP contribution in [0.15, 0.2) is 0 Å². The van der Waals surface area contributed by atoms with Crippen molar-refractivity contribution in [2.45, 2.75) is 59.9 Å². The second-order valence-corrected chi connectivity index (χ2v) is 4.74. The highest BCUT2D eigenvalue weighted by atomic mass is 16.4. The smallest absolute Gasteiger partial charge is 0.310 e. The van der Waals surface area contributed by atoms with Crippen molar-refractivity contribution in [1.82, 2.24) is 4.90 Å². The molecule has 0 bridgehead atoms. The Labute approximate surface area is 104 Å². The van der Waals surface area contributed by atoms with Gasteiger partial charge in [-0.3, -0.25) is 9.59 Å². The first-order chi connectivity index (χ1) is 7.84. The number of amides is 1. The molecule has 0 saturated heterocycles. The van der Waals surface area contributed by atoms with E-state index < -0.39 is 11.4 Å². The van der Waals surface area contributed by atoms with Crippen LogP contribution in [0.2, 0.25) is 0 Å². The van der Waals surface area contributed by atoms with Crippen LogP contribution >= 0.6 is 0 Å². The first-order valence-electron chi connectivity index (χ1n) is 6.37. The SMILES string of the molecule is CCN(C(=O)CC(CC)(CC)C(=O)O)C(C)C. The van der Waals surface area contributed by atoms with Crippen LogP contribution in [0, 0.1) is 5.41 Å². The normalized spacial score (nSPS) is 11.6. The number of hydrogen-bond acceptors (Lipinski definition) is 2. The molecule has 1 N–H and O–H groups in total. The van der Waals surface area contributed by atoms with Crippen molar-refractivity contribution in [3.05, 3.63) is 0 Å². The van der Waals surface area contributed by atoms with Crippen molar-refractivity contribution in [3.8, 4) is 0 Å². The summed E-state index contributed by atoms with van der Waals surface area (Å²) >= 11 is 0. The summed E-state index contributed by atoms with van der Waals surface area (Å²) in [4.78, 5) is 25.2. The van der Waals surface area contributed by atoms with Gasteiger partial charge in [0.2, 0.25) is 5.91 Å². The summed E-state index contributed by atoms with van der Waals surface area (Å²) in [5, 5.41) is 9.29. The van der Waals surface area contributed by atoms with E-state index in [4.69, 9.17) is 0 Å². The third-order valence-corrected chi connectivity index (χ3v) is 3.58. The van der Waals surface area contributed by atoms with Crippen LogP contribution in [0.5, 0.6) is 0 Å². The Bertz CT molecular complexity index is 270. The van der Waals surface area contributed by atoms with E-state index in [2.05, 4.69) is 0 Å². The third kappa shape index (κ3) is 3.72. The molecule has 0 heterocycles. The Kier molecular flexibility index (Phi) is 6.21. The summed E-state index contributed by atoms with van der Waals surface area (Å²) in [6, 6.07) is 0.118. The van der Waals surface area contributed by atoms with E-state index in [0.717, 1.165) is 0 Å². The van der Waals surface area contributed by atoms with Gasteiger partial charge < -0.3 is 10.0 Å². The van der Waals surface area contributed by atoms with Gasteiger partial charge in [-0.05, 0) is 33.6 Å². The summed E-state index contributed by atoms with van der Waals surface area (Å²) in [6.45, 7) is 10.1. The van der Waals surface area contributed by atoms with Crippen LogP contribution < -0.4 is 0 Å². The fourth-order valence-electron chi connectivity index (χ4n) is 2.10. The lowest BCUT2D eigenvalue weighted by molar-refractivity contribution is -0.154. The molecule has 0 fully saturated rings. The quantitative estimate of drug-likeness (QED) is 0.747. The highest BCUT2D eigenvalue weighted by Crippen LogP contribution is 2.31. The maximum atomic E-state index is 12.1. The monoisotopic (exact) mass is 243 g/mol. The highest BCUT2D eigenvalue weighted by Gasteiger charge is 2.38. The van der Waals surface area contributed by atoms with Gasteiger partial charge in [0, 0.05) is 19.0 Å². The van der Waals surface area contributed by atoms with Crippen molar-refractivity contribution in [3.63, 3.8) is 0 Å². The lowest BCUT2D eigenvalue weighted by Crippen LogP contribution is -2.42. The molecule has 0 rings (SSSR count). The predicted molar refractivity (Wildman–Crippen MR) is 67.8 cm³/mol. The van der Waals surface area contributed by atoms with Crippen LogP contribution in [0.4, 0.5) is 0 Å². The molecule has 4 nitrogen and oxygen atoms in total. The minimum Gasteiger partial charge on any atom is -0.481 e. The first-order valence-corrected chi connectivity index (χ1v) is 6.37. The van der Waals surface area contributed by atoms with Crippen LogP contribution in [0.25, 0.3) is 0 Å². The zero-order valence-corrected chi connectivity index (χ0v) is 11.6. The van der Waals surface area contributed by atoms with Crippen LogP contribution in [-0.2, 0) is 9.59 Å². The van der Waals surface area contributed by atoms with Crippen LogP contribution in [-0.4, -0.2) is 34.5 Å². The Morgan fingerprint density at radius 3 is 1.88 bits per heavy atom. The van der Waals surface area contributed by atoms with Gasteiger partial charge in [-0.1, -0.05) is 13.8 Å². The average Bonchev–Trinajstić information content (AvgIpc) is 2.25. The first kappa shape index (κ1) is 15.9. The van der Waals surface area contributed by atoms with Gasteiger partial charge in [-0.15, -0.1) is 0 Å². The van der Waals surface area contributed by atoms with Crippen LogP contribution in [0.3, 0.4) is 0 Å². The summed E-state index contributed by atoms with van der Waals surface area (Å²) < 4.78 is 0. The Hall–Kier alpha value is -1.06. The second kappa shape index (κ2) is 6.62. The molecule has 100 valence electrons. The zero-order chi connectivity index (χ0) is 13.6. The topological polar surface area (TPSA) is 57.6 Å². The zero-order valence-electron chi connectivity index (χ0n) is 11.6. The predicted octanol–water partition coefficient (Wildman–Crippen LogP) is 2.52. The van der Waals surface area contributed by atoms with Gasteiger partial charge in [0.05, 0.1) is 5.41 Å². The maximum absolute atomic E-state index is 12.1. The summed E-state index contributed by atoms with van der Waals surface area (Å²) in [6.07, 6.45) is 1.07. The third-order valence-electron chi connectivity index (χ3n) is 3.58. The van der Waals surface area contributed by atoms with Crippen molar-refractivity contribution in [2.24, 2.45) is 5.41 Å². The van der Waals surface area contributed by atoms with Gasteiger partial charge in [-0.2, -0.15) is 0 Å². The molecule has 0 aromatic carbocycles. The van der Waals surface area contributed by atoms with Gasteiger partial charge in [0.15, 0.2) is 0 Å². The Balaban J connectivity index is 4.89. The van der Waals surface area contributed by atoms with E-state index in [0.29, 0.717) is 19.4 Å². The van der Waals surface area contributed by atoms with E-state index in [1.165, 1.54) is 0 Å². The number of carboxylic acids is 1. The van der Waals surface area contributed by atoms with Gasteiger partial charge in [0.1, 0.15) is 0 Å². The molecule has 4 heteroatoms. The summed E-state index contributed by atoms with van der Waals surface area (Å²) in [7, 11) is 0. The van der Waals surface area contributed by atoms with E-state index in [9.17, 15) is 14.7 Å². The molecular weight excluding hydrogens is 218 g/mol. The lowest BCUT2D eigenvalue weighted by atomic mass is 9.79. The molecule has 1 amide bonds. The number of carbonyl (C=O) groups excluding carboxylic acids is 1. The Morgan fingerprint density at radius 1 is 1.18 bits per heavy atom. The molecule has 17 heavy (non-hydrogen) atoms. The fourth-order valence-corrected chi connectivity index (χ4v) is 2.10. The number of carboxylic acid groups (broad SMARTS) is 1. The van der Waals surface area contributed by atoms with Crippen molar-refractivity contribution in [2.75, 3.05) is 6.54 Å². The number of carbonyl (C=O) groups is 2. The molecular formula is C13H25NO3. The lowest BCUT2D eigenvalue weighted by Gasteiger charge is -2.31. The molecule has 0 spiro atoms. The average molecular weight is 243 g/mol. The van der Waals surface area contributed by atoms with E-state index in [-0.39, 0.29) is 18.4 Å². The minimum absolute atomic E-state index is 0.0615. The molecule has 0 unspecified atom stereocenters. The van der Waals surface area contributed by atoms with Crippen molar-refractivity contribution < 1.29 is 14.7 Å². The van der Waals surface area contributed by atoms with Gasteiger partial charge >= 0.3 is 5.97 Å². The number of hydrogen-bond donors (Lipinski definition) is 1. The minimum atomic E-state index is -0.903. The van der Waals surface area contributed by atoms with E-state index in [1.807, 2.05) is 34.6 Å². The Morgan fingerprint density at radius 2 is 1.65 bits per heavy atom. The highest BCUT2D eigenvalue weighted by molar-refractivity contribution is 5.85. The molecule has 0 aromatic heterocycles. The molecule has 0 aromatic rings. The van der Waals surface area contributed by atoms with Gasteiger partial charge in [0.25, 0.3) is 0 Å². The van der Waals surface area contributed by atoms with E-state index >= 15 is 0 Å². The van der Waals surface area contributed by atoms with Crippen LogP contribution in [0.1, 0.15) is 53.9 Å². The van der Waals surface area contributed by atoms with E-state index in [1.54, 1.807) is 4.90 Å². The fraction of sp³-hybridized carbons (Fsp3) is 0.846. The molecule has 0 saturated carbocycles.